The Morgan fingerprint density at radius 1 is 1.53 bits per heavy atom. The number of aliphatic imine (C=N–C) groups is 1. The van der Waals surface area contributed by atoms with Gasteiger partial charge in [0.05, 0.1) is 11.3 Å². The average Bonchev–Trinajstić information content (AvgIpc) is 2.36. The lowest BCUT2D eigenvalue weighted by atomic mass is 9.97. The molecule has 102 valence electrons. The molecule has 1 atom stereocenters. The van der Waals surface area contributed by atoms with E-state index in [0.717, 1.165) is 5.56 Å². The molecule has 0 fully saturated rings. The second kappa shape index (κ2) is 6.63. The van der Waals surface area contributed by atoms with Crippen molar-refractivity contribution in [2.24, 2.45) is 4.99 Å². The molecule has 0 spiro atoms. The maximum Gasteiger partial charge on any atom is 0.269 e. The van der Waals surface area contributed by atoms with E-state index in [2.05, 4.69) is 4.99 Å². The summed E-state index contributed by atoms with van der Waals surface area (Å²) < 4.78 is 0. The van der Waals surface area contributed by atoms with Crippen molar-refractivity contribution in [3.05, 3.63) is 39.9 Å². The van der Waals surface area contributed by atoms with Gasteiger partial charge in [-0.1, -0.05) is 19.1 Å². The normalized spacial score (nSPS) is 12.4. The molecule has 1 amide bonds. The minimum Gasteiger partial charge on any atom is -0.369 e. The fraction of sp³-hybridized carbons (Fsp3) is 0.385. The van der Waals surface area contributed by atoms with Gasteiger partial charge in [-0.3, -0.25) is 14.9 Å². The summed E-state index contributed by atoms with van der Waals surface area (Å²) in [4.78, 5) is 27.3. The molecule has 1 aromatic rings. The molecule has 0 bridgehead atoms. The zero-order valence-corrected chi connectivity index (χ0v) is 11.2. The van der Waals surface area contributed by atoms with Crippen LogP contribution in [0.2, 0.25) is 0 Å². The van der Waals surface area contributed by atoms with E-state index in [4.69, 9.17) is 0 Å². The number of carbonyl (C=O) groups excluding carboxylic acids is 1. The number of hydrogen-bond acceptors (Lipinski definition) is 3. The molecule has 1 rings (SSSR count). The predicted molar refractivity (Wildman–Crippen MR) is 73.3 cm³/mol. The van der Waals surface area contributed by atoms with Gasteiger partial charge in [-0.25, -0.2) is 4.99 Å². The van der Waals surface area contributed by atoms with Crippen LogP contribution in [-0.2, 0) is 4.79 Å². The predicted octanol–water partition coefficient (Wildman–Crippen LogP) is 2.20. The van der Waals surface area contributed by atoms with Crippen molar-refractivity contribution in [2.75, 3.05) is 14.1 Å². The number of non-ortho nitro benzene ring substituents is 1. The molecule has 0 N–H and O–H groups in total. The molecule has 0 aromatic heterocycles. The van der Waals surface area contributed by atoms with Crippen molar-refractivity contribution in [1.82, 2.24) is 4.90 Å². The smallest absolute Gasteiger partial charge is 0.269 e. The highest BCUT2D eigenvalue weighted by Crippen LogP contribution is 2.23. The van der Waals surface area contributed by atoms with Crippen LogP contribution in [-0.4, -0.2) is 36.2 Å². The SMILES string of the molecule is CC(CC(=O)N=CN(C)C)c1cccc([N+](=O)[O-])c1. The van der Waals surface area contributed by atoms with Crippen LogP contribution in [0.15, 0.2) is 29.3 Å². The number of carbonyl (C=O) groups is 1. The largest absolute Gasteiger partial charge is 0.369 e. The Hall–Kier alpha value is -2.24. The van der Waals surface area contributed by atoms with E-state index >= 15 is 0 Å². The first kappa shape index (κ1) is 14.8. The highest BCUT2D eigenvalue weighted by Gasteiger charge is 2.13. The molecule has 0 saturated carbocycles. The zero-order chi connectivity index (χ0) is 14.4. The highest BCUT2D eigenvalue weighted by molar-refractivity contribution is 5.84. The topological polar surface area (TPSA) is 75.8 Å². The van der Waals surface area contributed by atoms with Gasteiger partial charge in [0.15, 0.2) is 0 Å². The van der Waals surface area contributed by atoms with E-state index in [9.17, 15) is 14.9 Å². The third kappa shape index (κ3) is 4.87. The van der Waals surface area contributed by atoms with Gasteiger partial charge in [-0.05, 0) is 11.5 Å². The van der Waals surface area contributed by atoms with Crippen LogP contribution in [0.1, 0.15) is 24.8 Å². The van der Waals surface area contributed by atoms with E-state index in [0.29, 0.717) is 0 Å². The molecule has 1 unspecified atom stereocenters. The Bertz CT molecular complexity index is 498. The zero-order valence-electron chi connectivity index (χ0n) is 11.2. The first-order chi connectivity index (χ1) is 8.90. The molecular formula is C13H17N3O3. The monoisotopic (exact) mass is 263 g/mol. The van der Waals surface area contributed by atoms with Crippen LogP contribution in [0.5, 0.6) is 0 Å². The second-order valence-corrected chi connectivity index (χ2v) is 4.56. The summed E-state index contributed by atoms with van der Waals surface area (Å²) in [5, 5.41) is 10.7. The maximum atomic E-state index is 11.6. The van der Waals surface area contributed by atoms with Gasteiger partial charge in [-0.15, -0.1) is 0 Å². The lowest BCUT2D eigenvalue weighted by molar-refractivity contribution is -0.384. The molecule has 1 aromatic carbocycles. The van der Waals surface area contributed by atoms with Crippen molar-refractivity contribution < 1.29 is 9.72 Å². The van der Waals surface area contributed by atoms with Gasteiger partial charge in [0.2, 0.25) is 5.91 Å². The van der Waals surface area contributed by atoms with E-state index in [1.54, 1.807) is 31.1 Å². The quantitative estimate of drug-likeness (QED) is 0.353. The lowest BCUT2D eigenvalue weighted by Gasteiger charge is -2.09. The van der Waals surface area contributed by atoms with Gasteiger partial charge in [-0.2, -0.15) is 0 Å². The molecule has 0 aliphatic carbocycles. The van der Waals surface area contributed by atoms with Crippen molar-refractivity contribution in [3.8, 4) is 0 Å². The van der Waals surface area contributed by atoms with E-state index in [1.165, 1.54) is 18.5 Å². The standard InChI is InChI=1S/C13H17N3O3/c1-10(7-13(17)14-9-15(2)3)11-5-4-6-12(8-11)16(18)19/h4-6,8-10H,7H2,1-3H3. The van der Waals surface area contributed by atoms with E-state index in [1.807, 2.05) is 6.92 Å². The summed E-state index contributed by atoms with van der Waals surface area (Å²) in [5.74, 6) is -0.348. The van der Waals surface area contributed by atoms with Crippen LogP contribution in [0.3, 0.4) is 0 Å². The number of amides is 1. The van der Waals surface area contributed by atoms with Gasteiger partial charge in [0, 0.05) is 32.6 Å². The maximum absolute atomic E-state index is 11.6. The van der Waals surface area contributed by atoms with Crippen LogP contribution in [0.25, 0.3) is 0 Å². The molecule has 19 heavy (non-hydrogen) atoms. The average molecular weight is 263 g/mol. The molecule has 0 aliphatic heterocycles. The molecular weight excluding hydrogens is 246 g/mol. The molecule has 0 saturated heterocycles. The summed E-state index contributed by atoms with van der Waals surface area (Å²) in [6.45, 7) is 1.85. The number of nitrogens with zero attached hydrogens (tertiary/aromatic N) is 3. The highest BCUT2D eigenvalue weighted by atomic mass is 16.6. The minimum absolute atomic E-state index is 0.0357. The Kier molecular flexibility index (Phi) is 5.17. The lowest BCUT2D eigenvalue weighted by Crippen LogP contribution is -2.10. The van der Waals surface area contributed by atoms with Gasteiger partial charge >= 0.3 is 0 Å². The molecule has 0 aliphatic rings. The Labute approximate surface area is 111 Å². The number of hydrogen-bond donors (Lipinski definition) is 0. The summed E-state index contributed by atoms with van der Waals surface area (Å²) in [6.07, 6.45) is 1.67. The summed E-state index contributed by atoms with van der Waals surface area (Å²) in [7, 11) is 3.56. The third-order valence-corrected chi connectivity index (χ3v) is 2.56. The van der Waals surface area contributed by atoms with Crippen LogP contribution < -0.4 is 0 Å². The third-order valence-electron chi connectivity index (χ3n) is 2.56. The fourth-order valence-corrected chi connectivity index (χ4v) is 1.56. The van der Waals surface area contributed by atoms with Crippen LogP contribution in [0.4, 0.5) is 5.69 Å². The first-order valence-corrected chi connectivity index (χ1v) is 5.88. The van der Waals surface area contributed by atoms with Crippen molar-refractivity contribution in [3.63, 3.8) is 0 Å². The number of nitro benzene ring substituents is 1. The number of nitro groups is 1. The van der Waals surface area contributed by atoms with Crippen LogP contribution in [0, 0.1) is 10.1 Å². The van der Waals surface area contributed by atoms with E-state index < -0.39 is 4.92 Å². The fourth-order valence-electron chi connectivity index (χ4n) is 1.56. The summed E-state index contributed by atoms with van der Waals surface area (Å²) >= 11 is 0. The number of rotatable bonds is 5. The van der Waals surface area contributed by atoms with E-state index in [-0.39, 0.29) is 23.9 Å². The molecule has 6 heteroatoms. The molecule has 6 nitrogen and oxygen atoms in total. The van der Waals surface area contributed by atoms with Crippen molar-refractivity contribution in [1.29, 1.82) is 0 Å². The Morgan fingerprint density at radius 3 is 2.79 bits per heavy atom. The van der Waals surface area contributed by atoms with Crippen LogP contribution >= 0.6 is 0 Å². The van der Waals surface area contributed by atoms with Crippen molar-refractivity contribution >= 4 is 17.9 Å². The molecule has 0 heterocycles. The Balaban J connectivity index is 2.73. The summed E-state index contributed by atoms with van der Waals surface area (Å²) in [6, 6.07) is 6.33. The van der Waals surface area contributed by atoms with Gasteiger partial charge < -0.3 is 4.90 Å². The first-order valence-electron chi connectivity index (χ1n) is 5.88. The van der Waals surface area contributed by atoms with Crippen molar-refractivity contribution in [2.45, 2.75) is 19.3 Å². The van der Waals surface area contributed by atoms with Gasteiger partial charge in [0.25, 0.3) is 5.69 Å². The minimum atomic E-state index is -0.442. The second-order valence-electron chi connectivity index (χ2n) is 4.56. The number of benzene rings is 1. The summed E-state index contributed by atoms with van der Waals surface area (Å²) in [5.41, 5.74) is 0.802. The molecule has 0 radical (unpaired) electrons. The Morgan fingerprint density at radius 2 is 2.21 bits per heavy atom. The van der Waals surface area contributed by atoms with Gasteiger partial charge in [0.1, 0.15) is 0 Å².